The number of fused-ring (bicyclic) bond motifs is 2. The largest absolute Gasteiger partial charge is 0.506 e. The zero-order valence-corrected chi connectivity index (χ0v) is 28.1. The first-order valence-corrected chi connectivity index (χ1v) is 17.7. The predicted molar refractivity (Wildman–Crippen MR) is 176 cm³/mol. The first-order chi connectivity index (χ1) is 23.4. The molecule has 2 aromatic carbocycles. The standard InChI is InChI=1S/C36H43ClF3N3O6/c37-28-20-23(19-27(32(28)45)36(38,39)40)21-30(33(46)43-17-11-25(12-18-43)24-9-15-41-16-10-24)48-31(44)6-5-22-7-13-35(14-8-22)26-3-1-2-4-29(26)42-34(47)49-35/h1-4,19-20,22,24-25,30,41,45H,5-18,21H2,(H,42,47)/t22?,30-,35?/m1/s1. The molecule has 9 nitrogen and oxygen atoms in total. The monoisotopic (exact) mass is 705 g/mol. The van der Waals surface area contributed by atoms with Gasteiger partial charge in [0, 0.05) is 31.5 Å². The summed E-state index contributed by atoms with van der Waals surface area (Å²) in [5, 5.41) is 15.6. The summed E-state index contributed by atoms with van der Waals surface area (Å²) in [6, 6.07) is 9.50. The summed E-state index contributed by atoms with van der Waals surface area (Å²) in [4.78, 5) is 41.0. The van der Waals surface area contributed by atoms with Crippen LogP contribution < -0.4 is 10.6 Å². The molecule has 1 saturated carbocycles. The number of phenols is 1. The Morgan fingerprint density at radius 1 is 1.04 bits per heavy atom. The Morgan fingerprint density at radius 3 is 2.41 bits per heavy atom. The molecule has 6 rings (SSSR count). The van der Waals surface area contributed by atoms with Gasteiger partial charge < -0.3 is 24.8 Å². The van der Waals surface area contributed by atoms with Crippen molar-refractivity contribution in [1.29, 1.82) is 0 Å². The van der Waals surface area contributed by atoms with E-state index in [1.165, 1.54) is 6.07 Å². The van der Waals surface area contributed by atoms with Crippen LogP contribution in [0.5, 0.6) is 5.75 Å². The lowest BCUT2D eigenvalue weighted by Gasteiger charge is -2.43. The number of para-hydroxylation sites is 1. The van der Waals surface area contributed by atoms with Crippen LogP contribution >= 0.6 is 11.6 Å². The molecule has 4 aliphatic rings. The number of halogens is 4. The van der Waals surface area contributed by atoms with Gasteiger partial charge in [0.2, 0.25) is 0 Å². The minimum absolute atomic E-state index is 0.0280. The van der Waals surface area contributed by atoms with Crippen LogP contribution in [0.3, 0.4) is 0 Å². The molecule has 0 aromatic heterocycles. The highest BCUT2D eigenvalue weighted by Crippen LogP contribution is 2.48. The number of amides is 2. The molecule has 1 spiro atoms. The lowest BCUT2D eigenvalue weighted by molar-refractivity contribution is -0.161. The average Bonchev–Trinajstić information content (AvgIpc) is 3.09. The molecule has 0 radical (unpaired) electrons. The molecule has 2 amide bonds. The number of benzene rings is 2. The number of piperidine rings is 2. The van der Waals surface area contributed by atoms with Gasteiger partial charge in [0.15, 0.2) is 6.10 Å². The number of aromatic hydroxyl groups is 1. The summed E-state index contributed by atoms with van der Waals surface area (Å²) in [7, 11) is 0. The van der Waals surface area contributed by atoms with Crippen molar-refractivity contribution in [2.75, 3.05) is 31.5 Å². The van der Waals surface area contributed by atoms with E-state index in [2.05, 4.69) is 10.6 Å². The highest BCUT2D eigenvalue weighted by molar-refractivity contribution is 6.32. The maximum atomic E-state index is 13.8. The fourth-order valence-electron chi connectivity index (χ4n) is 8.19. The molecule has 3 aliphatic heterocycles. The Kier molecular flexibility index (Phi) is 10.6. The quantitative estimate of drug-likeness (QED) is 0.249. The molecule has 1 atom stereocenters. The molecule has 1 aliphatic carbocycles. The van der Waals surface area contributed by atoms with Crippen molar-refractivity contribution in [3.8, 4) is 5.75 Å². The molecule has 3 fully saturated rings. The number of nitrogens with one attached hydrogen (secondary N) is 2. The van der Waals surface area contributed by atoms with E-state index in [0.29, 0.717) is 44.2 Å². The average molecular weight is 706 g/mol. The maximum absolute atomic E-state index is 13.8. The van der Waals surface area contributed by atoms with Gasteiger partial charge in [-0.1, -0.05) is 29.8 Å². The van der Waals surface area contributed by atoms with Crippen LogP contribution in [-0.2, 0) is 37.3 Å². The minimum atomic E-state index is -4.87. The zero-order valence-electron chi connectivity index (χ0n) is 27.3. The number of anilines is 1. The SMILES string of the molecule is O=C(CCC1CCC2(CC1)OC(=O)Nc1ccccc12)O[C@H](Cc1cc(Cl)c(O)c(C(F)(F)F)c1)C(=O)N1CCC(C2CCNCC2)CC1. The van der Waals surface area contributed by atoms with E-state index in [0.717, 1.165) is 68.9 Å². The van der Waals surface area contributed by atoms with Gasteiger partial charge in [-0.15, -0.1) is 0 Å². The number of ether oxygens (including phenoxy) is 2. The first kappa shape index (κ1) is 35.3. The molecular formula is C36H43ClF3N3O6. The summed E-state index contributed by atoms with van der Waals surface area (Å²) >= 11 is 5.97. The molecule has 3 N–H and O–H groups in total. The molecule has 266 valence electrons. The van der Waals surface area contributed by atoms with Gasteiger partial charge in [-0.25, -0.2) is 4.79 Å². The Bertz CT molecular complexity index is 1530. The molecule has 13 heteroatoms. The maximum Gasteiger partial charge on any atom is 0.420 e. The fraction of sp³-hybridized carbons (Fsp3) is 0.583. The highest BCUT2D eigenvalue weighted by atomic mass is 35.5. The number of likely N-dealkylation sites (tertiary alicyclic amines) is 1. The van der Waals surface area contributed by atoms with E-state index in [1.807, 2.05) is 24.3 Å². The Hall–Kier alpha value is -3.51. The number of esters is 1. The molecular weight excluding hydrogens is 663 g/mol. The number of hydrogen-bond donors (Lipinski definition) is 3. The number of carbonyl (C=O) groups excluding carboxylic acids is 3. The number of rotatable bonds is 8. The molecule has 49 heavy (non-hydrogen) atoms. The smallest absolute Gasteiger partial charge is 0.420 e. The Labute approximate surface area is 288 Å². The summed E-state index contributed by atoms with van der Waals surface area (Å²) in [6.45, 7) is 2.94. The van der Waals surface area contributed by atoms with E-state index >= 15 is 0 Å². The van der Waals surface area contributed by atoms with Crippen LogP contribution in [0.15, 0.2) is 36.4 Å². The van der Waals surface area contributed by atoms with Gasteiger partial charge in [-0.3, -0.25) is 14.9 Å². The number of carbonyl (C=O) groups is 3. The minimum Gasteiger partial charge on any atom is -0.506 e. The van der Waals surface area contributed by atoms with Gasteiger partial charge >= 0.3 is 18.2 Å². The number of phenolic OH excluding ortho intramolecular Hbond substituents is 1. The second-order valence-corrected chi connectivity index (χ2v) is 14.3. The second kappa shape index (κ2) is 14.8. The van der Waals surface area contributed by atoms with Crippen LogP contribution in [-0.4, -0.2) is 60.3 Å². The molecule has 2 aromatic rings. The third kappa shape index (κ3) is 8.11. The van der Waals surface area contributed by atoms with Crippen LogP contribution in [0.4, 0.5) is 23.7 Å². The van der Waals surface area contributed by atoms with Crippen molar-refractivity contribution in [3.63, 3.8) is 0 Å². The van der Waals surface area contributed by atoms with Gasteiger partial charge in [0.05, 0.1) is 16.3 Å². The molecule has 2 saturated heterocycles. The number of alkyl halides is 3. The van der Waals surface area contributed by atoms with Crippen LogP contribution in [0.2, 0.25) is 5.02 Å². The summed E-state index contributed by atoms with van der Waals surface area (Å²) in [6.07, 6.45) is -0.00698. The van der Waals surface area contributed by atoms with Gasteiger partial charge in [0.25, 0.3) is 5.91 Å². The van der Waals surface area contributed by atoms with Crippen molar-refractivity contribution in [2.45, 2.75) is 88.5 Å². The molecule has 3 heterocycles. The lowest BCUT2D eigenvalue weighted by Crippen LogP contribution is -2.47. The highest BCUT2D eigenvalue weighted by Gasteiger charge is 2.45. The Balaban J connectivity index is 1.10. The summed E-state index contributed by atoms with van der Waals surface area (Å²) in [5.74, 6) is -0.891. The van der Waals surface area contributed by atoms with Gasteiger partial charge in [-0.05, 0) is 112 Å². The topological polar surface area (TPSA) is 117 Å². The summed E-state index contributed by atoms with van der Waals surface area (Å²) < 4.78 is 52.6. The fourth-order valence-corrected chi connectivity index (χ4v) is 8.44. The summed E-state index contributed by atoms with van der Waals surface area (Å²) in [5.41, 5.74) is -0.316. The van der Waals surface area contributed by atoms with E-state index in [9.17, 15) is 32.7 Å². The molecule has 0 bridgehead atoms. The third-order valence-corrected chi connectivity index (χ3v) is 11.2. The van der Waals surface area contributed by atoms with Crippen LogP contribution in [0, 0.1) is 17.8 Å². The van der Waals surface area contributed by atoms with E-state index in [1.54, 1.807) is 4.90 Å². The van der Waals surface area contributed by atoms with Crippen LogP contribution in [0.25, 0.3) is 0 Å². The number of hydrogen-bond acceptors (Lipinski definition) is 7. The van der Waals surface area contributed by atoms with Crippen LogP contribution in [0.1, 0.15) is 80.9 Å². The molecule has 0 unspecified atom stereocenters. The second-order valence-electron chi connectivity index (χ2n) is 13.9. The van der Waals surface area contributed by atoms with E-state index < -0.39 is 52.2 Å². The first-order valence-electron chi connectivity index (χ1n) is 17.3. The van der Waals surface area contributed by atoms with Crippen molar-refractivity contribution in [1.82, 2.24) is 10.2 Å². The van der Waals surface area contributed by atoms with Crippen molar-refractivity contribution in [2.24, 2.45) is 17.8 Å². The van der Waals surface area contributed by atoms with Crippen molar-refractivity contribution >= 4 is 35.3 Å². The van der Waals surface area contributed by atoms with Crippen molar-refractivity contribution in [3.05, 3.63) is 58.1 Å². The van der Waals surface area contributed by atoms with Gasteiger partial charge in [0.1, 0.15) is 11.4 Å². The number of nitrogens with zero attached hydrogens (tertiary/aromatic N) is 1. The predicted octanol–water partition coefficient (Wildman–Crippen LogP) is 7.18. The van der Waals surface area contributed by atoms with Gasteiger partial charge in [-0.2, -0.15) is 13.2 Å². The normalized spacial score (nSPS) is 24.1. The van der Waals surface area contributed by atoms with E-state index in [-0.39, 0.29) is 24.3 Å². The van der Waals surface area contributed by atoms with E-state index in [4.69, 9.17) is 21.1 Å². The third-order valence-electron chi connectivity index (χ3n) is 10.9. The lowest BCUT2D eigenvalue weighted by atomic mass is 9.73. The van der Waals surface area contributed by atoms with Crippen molar-refractivity contribution < 1.29 is 42.1 Å². The Morgan fingerprint density at radius 2 is 1.71 bits per heavy atom. The zero-order chi connectivity index (χ0) is 34.8.